The van der Waals surface area contributed by atoms with Crippen LogP contribution in [-0.2, 0) is 4.74 Å². The maximum absolute atomic E-state index is 5.26. The van der Waals surface area contributed by atoms with Gasteiger partial charge >= 0.3 is 0 Å². The topological polar surface area (TPSA) is 24.5 Å². The maximum Gasteiger partial charge on any atom is 0.176 e. The molecule has 0 aliphatic carbocycles. The number of nitrogens with one attached hydrogen (secondary N) is 1. The molecular formula is C7H9N2O. The third-order valence-electron chi connectivity index (χ3n) is 1.57. The summed E-state index contributed by atoms with van der Waals surface area (Å²) in [4.78, 5) is 2.00. The zero-order valence-corrected chi connectivity index (χ0v) is 5.53. The monoisotopic (exact) mass is 137 g/mol. The van der Waals surface area contributed by atoms with E-state index < -0.39 is 0 Å². The molecule has 3 heteroatoms. The predicted octanol–water partition coefficient (Wildman–Crippen LogP) is 0.742. The first-order valence-corrected chi connectivity index (χ1v) is 3.31. The Hall–Kier alpha value is -1.12. The Bertz CT molecular complexity index is 168. The van der Waals surface area contributed by atoms with Gasteiger partial charge in [0, 0.05) is 18.8 Å². The minimum Gasteiger partial charge on any atom is -0.478 e. The SMILES string of the molecule is [CH]1NC=CN1C1CC=CO1. The van der Waals surface area contributed by atoms with Gasteiger partial charge < -0.3 is 15.0 Å². The largest absolute Gasteiger partial charge is 0.478 e. The summed E-state index contributed by atoms with van der Waals surface area (Å²) >= 11 is 0. The van der Waals surface area contributed by atoms with Crippen molar-refractivity contribution in [3.05, 3.63) is 31.4 Å². The third-order valence-corrected chi connectivity index (χ3v) is 1.57. The fourth-order valence-electron chi connectivity index (χ4n) is 1.05. The summed E-state index contributed by atoms with van der Waals surface area (Å²) in [5.41, 5.74) is 0. The number of hydrogen-bond donors (Lipinski definition) is 1. The molecule has 3 nitrogen and oxygen atoms in total. The van der Waals surface area contributed by atoms with Crippen molar-refractivity contribution in [3.8, 4) is 0 Å². The zero-order chi connectivity index (χ0) is 6.81. The van der Waals surface area contributed by atoms with Crippen LogP contribution in [0.1, 0.15) is 6.42 Å². The van der Waals surface area contributed by atoms with Crippen LogP contribution < -0.4 is 5.32 Å². The molecular weight excluding hydrogens is 128 g/mol. The Morgan fingerprint density at radius 1 is 1.60 bits per heavy atom. The fourth-order valence-corrected chi connectivity index (χ4v) is 1.05. The molecule has 0 aromatic heterocycles. The summed E-state index contributed by atoms with van der Waals surface area (Å²) in [5, 5.41) is 2.96. The molecule has 1 unspecified atom stereocenters. The van der Waals surface area contributed by atoms with E-state index in [1.807, 2.05) is 30.0 Å². The van der Waals surface area contributed by atoms with Gasteiger partial charge in [0.05, 0.1) is 6.26 Å². The van der Waals surface area contributed by atoms with Crippen LogP contribution in [0.2, 0.25) is 0 Å². The average Bonchev–Trinajstić information content (AvgIpc) is 2.59. The number of ether oxygens (including phenoxy) is 1. The normalized spacial score (nSPS) is 28.8. The van der Waals surface area contributed by atoms with E-state index in [4.69, 9.17) is 4.74 Å². The van der Waals surface area contributed by atoms with Crippen LogP contribution in [0.5, 0.6) is 0 Å². The van der Waals surface area contributed by atoms with E-state index in [0.29, 0.717) is 0 Å². The summed E-state index contributed by atoms with van der Waals surface area (Å²) in [7, 11) is 0. The Balaban J connectivity index is 1.93. The van der Waals surface area contributed by atoms with E-state index in [0.717, 1.165) is 6.42 Å². The van der Waals surface area contributed by atoms with Crippen molar-refractivity contribution < 1.29 is 4.74 Å². The summed E-state index contributed by atoms with van der Waals surface area (Å²) in [6.07, 6.45) is 8.73. The zero-order valence-electron chi connectivity index (χ0n) is 5.53. The minimum absolute atomic E-state index is 0.172. The first kappa shape index (κ1) is 5.65. The standard InChI is InChI=1S/C7H9N2O/c1-2-7(10-5-1)9-4-3-8-6-9/h1,3-8H,2H2. The molecule has 0 aromatic rings. The van der Waals surface area contributed by atoms with Crippen molar-refractivity contribution in [2.24, 2.45) is 0 Å². The van der Waals surface area contributed by atoms with E-state index >= 15 is 0 Å². The number of rotatable bonds is 1. The van der Waals surface area contributed by atoms with Crippen LogP contribution in [-0.4, -0.2) is 11.1 Å². The molecule has 1 atom stereocenters. The highest BCUT2D eigenvalue weighted by atomic mass is 16.5. The molecule has 2 heterocycles. The Kier molecular flexibility index (Phi) is 1.27. The van der Waals surface area contributed by atoms with Crippen molar-refractivity contribution in [1.82, 2.24) is 10.2 Å². The molecule has 0 saturated carbocycles. The molecule has 2 rings (SSSR count). The van der Waals surface area contributed by atoms with E-state index in [-0.39, 0.29) is 6.23 Å². The van der Waals surface area contributed by atoms with Crippen molar-refractivity contribution in [2.45, 2.75) is 12.6 Å². The Morgan fingerprint density at radius 3 is 3.20 bits per heavy atom. The summed E-state index contributed by atoms with van der Waals surface area (Å²) in [6.45, 7) is 1.89. The van der Waals surface area contributed by atoms with Gasteiger partial charge in [-0.1, -0.05) is 0 Å². The Labute approximate surface area is 60.0 Å². The van der Waals surface area contributed by atoms with Gasteiger partial charge in [0.2, 0.25) is 0 Å². The second kappa shape index (κ2) is 2.25. The summed E-state index contributed by atoms with van der Waals surface area (Å²) in [5.74, 6) is 0. The molecule has 1 N–H and O–H groups in total. The predicted molar refractivity (Wildman–Crippen MR) is 37.0 cm³/mol. The van der Waals surface area contributed by atoms with E-state index in [1.165, 1.54) is 0 Å². The molecule has 53 valence electrons. The van der Waals surface area contributed by atoms with Crippen molar-refractivity contribution in [2.75, 3.05) is 0 Å². The number of nitrogens with zero attached hydrogens (tertiary/aromatic N) is 1. The lowest BCUT2D eigenvalue weighted by atomic mass is 10.4. The molecule has 10 heavy (non-hydrogen) atoms. The lowest BCUT2D eigenvalue weighted by Crippen LogP contribution is -2.27. The smallest absolute Gasteiger partial charge is 0.176 e. The highest BCUT2D eigenvalue weighted by molar-refractivity contribution is 4.99. The van der Waals surface area contributed by atoms with Crippen molar-refractivity contribution in [3.63, 3.8) is 0 Å². The molecule has 0 spiro atoms. The van der Waals surface area contributed by atoms with Crippen LogP contribution in [0.3, 0.4) is 0 Å². The second-order valence-electron chi connectivity index (χ2n) is 2.26. The molecule has 0 bridgehead atoms. The van der Waals surface area contributed by atoms with Crippen LogP contribution in [0.4, 0.5) is 0 Å². The van der Waals surface area contributed by atoms with E-state index in [2.05, 4.69) is 5.32 Å². The van der Waals surface area contributed by atoms with Crippen LogP contribution in [0, 0.1) is 6.67 Å². The number of hydrogen-bond acceptors (Lipinski definition) is 3. The van der Waals surface area contributed by atoms with Crippen LogP contribution in [0.25, 0.3) is 0 Å². The molecule has 0 fully saturated rings. The molecule has 2 aliphatic heterocycles. The van der Waals surface area contributed by atoms with Gasteiger partial charge in [0.1, 0.15) is 6.67 Å². The molecule has 0 aromatic carbocycles. The lowest BCUT2D eigenvalue weighted by molar-refractivity contribution is 0.0617. The maximum atomic E-state index is 5.26. The first-order valence-electron chi connectivity index (χ1n) is 3.31. The molecule has 0 amide bonds. The van der Waals surface area contributed by atoms with E-state index in [9.17, 15) is 0 Å². The highest BCUT2D eigenvalue weighted by Gasteiger charge is 2.19. The summed E-state index contributed by atoms with van der Waals surface area (Å²) < 4.78 is 5.26. The third kappa shape index (κ3) is 0.835. The van der Waals surface area contributed by atoms with Gasteiger partial charge in [-0.15, -0.1) is 0 Å². The van der Waals surface area contributed by atoms with E-state index in [1.54, 1.807) is 6.26 Å². The second-order valence-corrected chi connectivity index (χ2v) is 2.26. The van der Waals surface area contributed by atoms with Gasteiger partial charge in [-0.25, -0.2) is 0 Å². The van der Waals surface area contributed by atoms with Crippen LogP contribution >= 0.6 is 0 Å². The minimum atomic E-state index is 0.172. The average molecular weight is 137 g/mol. The molecule has 1 radical (unpaired) electrons. The first-order chi connectivity index (χ1) is 4.97. The fraction of sp³-hybridized carbons (Fsp3) is 0.286. The summed E-state index contributed by atoms with van der Waals surface area (Å²) in [6, 6.07) is 0. The highest BCUT2D eigenvalue weighted by Crippen LogP contribution is 2.16. The van der Waals surface area contributed by atoms with Gasteiger partial charge in [-0.2, -0.15) is 0 Å². The van der Waals surface area contributed by atoms with Gasteiger partial charge in [-0.05, 0) is 6.08 Å². The van der Waals surface area contributed by atoms with Gasteiger partial charge in [-0.3, -0.25) is 0 Å². The van der Waals surface area contributed by atoms with Gasteiger partial charge in [0.15, 0.2) is 6.23 Å². The van der Waals surface area contributed by atoms with Crippen LogP contribution in [0.15, 0.2) is 24.7 Å². The lowest BCUT2D eigenvalue weighted by Gasteiger charge is -2.21. The van der Waals surface area contributed by atoms with Gasteiger partial charge in [0.25, 0.3) is 0 Å². The van der Waals surface area contributed by atoms with Crippen molar-refractivity contribution >= 4 is 0 Å². The van der Waals surface area contributed by atoms with Crippen molar-refractivity contribution in [1.29, 1.82) is 0 Å². The quantitative estimate of drug-likeness (QED) is 0.577. The molecule has 2 aliphatic rings. The Morgan fingerprint density at radius 2 is 2.60 bits per heavy atom. The molecule has 0 saturated heterocycles.